The molecule has 0 rings (SSSR count). The maximum atomic E-state index is 13.0. The first-order valence-corrected chi connectivity index (χ1v) is 14.5. The van der Waals surface area contributed by atoms with Gasteiger partial charge in [-0.05, 0) is 65.2 Å². The Bertz CT molecular complexity index is 801. The van der Waals surface area contributed by atoms with E-state index in [1.54, 1.807) is 13.8 Å². The molecule has 0 radical (unpaired) electrons. The van der Waals surface area contributed by atoms with Crippen molar-refractivity contribution in [2.45, 2.75) is 91.9 Å². The molecule has 0 bridgehead atoms. The third-order valence-electron chi connectivity index (χ3n) is 6.38. The van der Waals surface area contributed by atoms with Crippen LogP contribution in [0.1, 0.15) is 91.9 Å². The number of hydrogen-bond acceptors (Lipinski definition) is 10. The largest absolute Gasteiger partial charge is 0.469 e. The van der Waals surface area contributed by atoms with Gasteiger partial charge in [0, 0.05) is 11.1 Å². The van der Waals surface area contributed by atoms with Crippen LogP contribution >= 0.6 is 0 Å². The molecule has 234 valence electrons. The number of rotatable bonds is 23. The highest BCUT2D eigenvalue weighted by Crippen LogP contribution is 2.29. The van der Waals surface area contributed by atoms with Crippen LogP contribution < -0.4 is 0 Å². The van der Waals surface area contributed by atoms with Crippen LogP contribution in [0, 0.1) is 17.8 Å². The van der Waals surface area contributed by atoms with E-state index >= 15 is 0 Å². The Morgan fingerprint density at radius 2 is 0.927 bits per heavy atom. The molecule has 0 aromatic rings. The SMILES string of the molecule is C=C(C)C(=O)OCCCC(CC(CC(CCCOC(=O)C(=C)C)C(=O)OCCCC)C(=O)OC)C(=O)OCCCC. The number of carbonyl (C=O) groups excluding carboxylic acids is 5. The average Bonchev–Trinajstić information content (AvgIpc) is 2.94. The van der Waals surface area contributed by atoms with Crippen molar-refractivity contribution in [1.29, 1.82) is 0 Å². The normalized spacial score (nSPS) is 12.8. The minimum absolute atomic E-state index is 0.0859. The summed E-state index contributed by atoms with van der Waals surface area (Å²) in [7, 11) is 1.26. The quantitative estimate of drug-likeness (QED) is 0.0679. The lowest BCUT2D eigenvalue weighted by Crippen LogP contribution is -2.30. The van der Waals surface area contributed by atoms with E-state index in [4.69, 9.17) is 23.7 Å². The van der Waals surface area contributed by atoms with Gasteiger partial charge in [-0.3, -0.25) is 14.4 Å². The van der Waals surface area contributed by atoms with Gasteiger partial charge in [0.05, 0.1) is 51.3 Å². The summed E-state index contributed by atoms with van der Waals surface area (Å²) in [6.45, 7) is 14.8. The van der Waals surface area contributed by atoms with Crippen LogP contribution in [-0.4, -0.2) is 63.4 Å². The third-order valence-corrected chi connectivity index (χ3v) is 6.38. The number of methoxy groups -OCH3 is 1. The highest BCUT2D eigenvalue weighted by atomic mass is 16.5. The van der Waals surface area contributed by atoms with E-state index in [0.29, 0.717) is 38.5 Å². The third kappa shape index (κ3) is 17.3. The molecule has 0 aliphatic rings. The lowest BCUT2D eigenvalue weighted by Gasteiger charge is -2.24. The number of hydrogen-bond donors (Lipinski definition) is 0. The lowest BCUT2D eigenvalue weighted by molar-refractivity contribution is -0.154. The van der Waals surface area contributed by atoms with Gasteiger partial charge in [-0.15, -0.1) is 0 Å². The van der Waals surface area contributed by atoms with E-state index in [1.165, 1.54) is 7.11 Å². The van der Waals surface area contributed by atoms with Crippen LogP contribution in [0.3, 0.4) is 0 Å². The molecule has 0 fully saturated rings. The summed E-state index contributed by atoms with van der Waals surface area (Å²) in [4.78, 5) is 62.2. The Morgan fingerprint density at radius 3 is 1.24 bits per heavy atom. The Hall–Kier alpha value is -3.17. The molecule has 10 heteroatoms. The van der Waals surface area contributed by atoms with Crippen LogP contribution in [-0.2, 0) is 47.7 Å². The zero-order chi connectivity index (χ0) is 31.2. The Kier molecular flexibility index (Phi) is 20.8. The van der Waals surface area contributed by atoms with Crippen molar-refractivity contribution in [3.63, 3.8) is 0 Å². The van der Waals surface area contributed by atoms with Crippen molar-refractivity contribution in [3.05, 3.63) is 24.3 Å². The predicted octanol–water partition coefficient (Wildman–Crippen LogP) is 5.27. The minimum Gasteiger partial charge on any atom is -0.469 e. The lowest BCUT2D eigenvalue weighted by atomic mass is 9.83. The Labute approximate surface area is 245 Å². The van der Waals surface area contributed by atoms with Gasteiger partial charge in [0.1, 0.15) is 0 Å². The molecule has 0 aliphatic heterocycles. The molecule has 0 saturated heterocycles. The molecular weight excluding hydrogens is 532 g/mol. The number of ether oxygens (including phenoxy) is 5. The first-order chi connectivity index (χ1) is 19.5. The number of unbranched alkanes of at least 4 members (excludes halogenated alkanes) is 2. The van der Waals surface area contributed by atoms with E-state index in [-0.39, 0.29) is 50.4 Å². The molecule has 0 heterocycles. The summed E-state index contributed by atoms with van der Waals surface area (Å²) < 4.78 is 26.2. The fourth-order valence-corrected chi connectivity index (χ4v) is 3.91. The van der Waals surface area contributed by atoms with E-state index in [9.17, 15) is 24.0 Å². The van der Waals surface area contributed by atoms with Crippen LogP contribution in [0.4, 0.5) is 0 Å². The summed E-state index contributed by atoms with van der Waals surface area (Å²) in [5.74, 6) is -4.62. The number of esters is 5. The van der Waals surface area contributed by atoms with E-state index in [1.807, 2.05) is 13.8 Å². The first-order valence-electron chi connectivity index (χ1n) is 14.5. The zero-order valence-electron chi connectivity index (χ0n) is 25.6. The molecule has 0 saturated carbocycles. The van der Waals surface area contributed by atoms with Gasteiger partial charge >= 0.3 is 29.8 Å². The Morgan fingerprint density at radius 1 is 0.561 bits per heavy atom. The fourth-order valence-electron chi connectivity index (χ4n) is 3.91. The van der Waals surface area contributed by atoms with Gasteiger partial charge < -0.3 is 23.7 Å². The summed E-state index contributed by atoms with van der Waals surface area (Å²) in [6, 6.07) is 0. The van der Waals surface area contributed by atoms with Crippen LogP contribution in [0.25, 0.3) is 0 Å². The van der Waals surface area contributed by atoms with Crippen molar-refractivity contribution in [1.82, 2.24) is 0 Å². The Balaban J connectivity index is 5.65. The van der Waals surface area contributed by atoms with Crippen molar-refractivity contribution in [3.8, 4) is 0 Å². The van der Waals surface area contributed by atoms with Crippen molar-refractivity contribution < 1.29 is 47.7 Å². The van der Waals surface area contributed by atoms with Crippen LogP contribution in [0.2, 0.25) is 0 Å². The van der Waals surface area contributed by atoms with Crippen molar-refractivity contribution in [2.24, 2.45) is 17.8 Å². The molecule has 0 spiro atoms. The second-order valence-corrected chi connectivity index (χ2v) is 10.2. The van der Waals surface area contributed by atoms with E-state index in [0.717, 1.165) is 12.8 Å². The summed E-state index contributed by atoms with van der Waals surface area (Å²) in [6.07, 6.45) is 4.66. The topological polar surface area (TPSA) is 132 Å². The highest BCUT2D eigenvalue weighted by molar-refractivity contribution is 5.87. The van der Waals surface area contributed by atoms with Gasteiger partial charge in [-0.25, -0.2) is 9.59 Å². The number of carbonyl (C=O) groups is 5. The van der Waals surface area contributed by atoms with E-state index < -0.39 is 47.6 Å². The maximum absolute atomic E-state index is 13.0. The maximum Gasteiger partial charge on any atom is 0.333 e. The predicted molar refractivity (Wildman–Crippen MR) is 153 cm³/mol. The average molecular weight is 583 g/mol. The first kappa shape index (κ1) is 37.8. The smallest absolute Gasteiger partial charge is 0.333 e. The van der Waals surface area contributed by atoms with Crippen molar-refractivity contribution in [2.75, 3.05) is 33.5 Å². The van der Waals surface area contributed by atoms with Gasteiger partial charge in [0.2, 0.25) is 0 Å². The second kappa shape index (κ2) is 22.5. The molecule has 41 heavy (non-hydrogen) atoms. The molecule has 0 aromatic carbocycles. The molecule has 0 N–H and O–H groups in total. The molecule has 2 atom stereocenters. The minimum atomic E-state index is -0.789. The zero-order valence-corrected chi connectivity index (χ0v) is 25.6. The van der Waals surface area contributed by atoms with Gasteiger partial charge in [-0.2, -0.15) is 0 Å². The van der Waals surface area contributed by atoms with Gasteiger partial charge in [0.25, 0.3) is 0 Å². The fraction of sp³-hybridized carbons (Fsp3) is 0.710. The van der Waals surface area contributed by atoms with Gasteiger partial charge in [0.15, 0.2) is 0 Å². The molecule has 0 amide bonds. The monoisotopic (exact) mass is 582 g/mol. The molecular formula is C31H50O10. The molecule has 10 nitrogen and oxygen atoms in total. The highest BCUT2D eigenvalue weighted by Gasteiger charge is 2.33. The summed E-state index contributed by atoms with van der Waals surface area (Å²) in [5, 5.41) is 0. The molecule has 0 aliphatic carbocycles. The van der Waals surface area contributed by atoms with Crippen molar-refractivity contribution >= 4 is 29.8 Å². The molecule has 0 aromatic heterocycles. The van der Waals surface area contributed by atoms with Crippen LogP contribution in [0.5, 0.6) is 0 Å². The summed E-state index contributed by atoms with van der Waals surface area (Å²) in [5.41, 5.74) is 0.551. The molecule has 2 unspecified atom stereocenters. The summed E-state index contributed by atoms with van der Waals surface area (Å²) >= 11 is 0. The standard InChI is InChI=1S/C31H50O10/c1-8-10-16-40-30(35)24(14-12-18-38-27(32)22(3)4)20-26(29(34)37-7)21-25(31(36)41-17-11-9-2)15-13-19-39-28(33)23(5)6/h24-26H,3,5,8-21H2,1-2,4,6-7H3. The van der Waals surface area contributed by atoms with E-state index in [2.05, 4.69) is 13.2 Å². The van der Waals surface area contributed by atoms with Crippen LogP contribution in [0.15, 0.2) is 24.3 Å². The van der Waals surface area contributed by atoms with Gasteiger partial charge in [-0.1, -0.05) is 39.8 Å². The second-order valence-electron chi connectivity index (χ2n) is 10.2.